The van der Waals surface area contributed by atoms with Crippen molar-refractivity contribution in [1.29, 1.82) is 0 Å². The van der Waals surface area contributed by atoms with Crippen LogP contribution in [0.2, 0.25) is 0 Å². The van der Waals surface area contributed by atoms with Crippen LogP contribution in [0.5, 0.6) is 0 Å². The molecule has 5 nitrogen and oxygen atoms in total. The maximum absolute atomic E-state index is 13.2. The second kappa shape index (κ2) is 4.40. The van der Waals surface area contributed by atoms with Gasteiger partial charge >= 0.3 is 0 Å². The molecule has 0 spiro atoms. The molecule has 7 heteroatoms. The highest BCUT2D eigenvalue weighted by Gasteiger charge is 2.42. The normalized spacial score (nSPS) is 21.9. The van der Waals surface area contributed by atoms with Gasteiger partial charge in [0.1, 0.15) is 0 Å². The number of halogens is 2. The number of hydrogen-bond donors (Lipinski definition) is 1. The van der Waals surface area contributed by atoms with Crippen molar-refractivity contribution < 1.29 is 13.3 Å². The maximum Gasteiger partial charge on any atom is 0.278 e. The standard InChI is InChI=1S/C12H14F2N4O/c1-2-8-5-9(17-16-8)11-15-10(18-19-11)7-3-4-12(13,14)6-7/h5,7H,2-4,6H2,1H3,(H,16,17). The molecule has 1 unspecified atom stereocenters. The molecule has 0 aromatic carbocycles. The van der Waals surface area contributed by atoms with Gasteiger partial charge in [-0.25, -0.2) is 8.78 Å². The molecule has 0 radical (unpaired) electrons. The van der Waals surface area contributed by atoms with E-state index in [2.05, 4.69) is 20.3 Å². The van der Waals surface area contributed by atoms with Crippen LogP contribution in [-0.2, 0) is 6.42 Å². The fourth-order valence-electron chi connectivity index (χ4n) is 2.33. The fraction of sp³-hybridized carbons (Fsp3) is 0.583. The molecule has 3 rings (SSSR count). The molecular formula is C12H14F2N4O. The summed E-state index contributed by atoms with van der Waals surface area (Å²) in [7, 11) is 0. The molecule has 0 amide bonds. The first-order chi connectivity index (χ1) is 9.07. The van der Waals surface area contributed by atoms with Crippen molar-refractivity contribution in [2.24, 2.45) is 0 Å². The zero-order valence-corrected chi connectivity index (χ0v) is 10.5. The Morgan fingerprint density at radius 2 is 2.37 bits per heavy atom. The van der Waals surface area contributed by atoms with Gasteiger partial charge in [-0.15, -0.1) is 0 Å². The largest absolute Gasteiger partial charge is 0.332 e. The van der Waals surface area contributed by atoms with Crippen molar-refractivity contribution in [3.8, 4) is 11.6 Å². The number of nitrogens with zero attached hydrogens (tertiary/aromatic N) is 3. The molecule has 1 aliphatic rings. The number of H-pyrrole nitrogens is 1. The van der Waals surface area contributed by atoms with Crippen LogP contribution < -0.4 is 0 Å². The van der Waals surface area contributed by atoms with Crippen molar-refractivity contribution in [2.45, 2.75) is 44.4 Å². The van der Waals surface area contributed by atoms with Crippen molar-refractivity contribution in [3.05, 3.63) is 17.6 Å². The van der Waals surface area contributed by atoms with E-state index in [1.54, 1.807) is 0 Å². The summed E-state index contributed by atoms with van der Waals surface area (Å²) in [6.45, 7) is 2.00. The number of rotatable bonds is 3. The summed E-state index contributed by atoms with van der Waals surface area (Å²) in [6, 6.07) is 1.82. The highest BCUT2D eigenvalue weighted by atomic mass is 19.3. The van der Waals surface area contributed by atoms with Crippen LogP contribution in [0.4, 0.5) is 8.78 Å². The van der Waals surface area contributed by atoms with Crippen LogP contribution in [-0.4, -0.2) is 26.3 Å². The Kier molecular flexibility index (Phi) is 2.83. The van der Waals surface area contributed by atoms with Gasteiger partial charge in [0.2, 0.25) is 5.92 Å². The van der Waals surface area contributed by atoms with E-state index in [1.165, 1.54) is 0 Å². The number of hydrogen-bond acceptors (Lipinski definition) is 4. The van der Waals surface area contributed by atoms with Gasteiger partial charge in [-0.2, -0.15) is 10.1 Å². The topological polar surface area (TPSA) is 67.6 Å². The Morgan fingerprint density at radius 3 is 3.00 bits per heavy atom. The van der Waals surface area contributed by atoms with Crippen molar-refractivity contribution in [2.75, 3.05) is 0 Å². The van der Waals surface area contributed by atoms with Gasteiger partial charge in [0, 0.05) is 24.5 Å². The van der Waals surface area contributed by atoms with E-state index in [1.807, 2.05) is 13.0 Å². The van der Waals surface area contributed by atoms with Crippen molar-refractivity contribution in [3.63, 3.8) is 0 Å². The highest BCUT2D eigenvalue weighted by molar-refractivity contribution is 5.46. The van der Waals surface area contributed by atoms with Crippen LogP contribution in [0, 0.1) is 0 Å². The lowest BCUT2D eigenvalue weighted by molar-refractivity contribution is 0.00749. The van der Waals surface area contributed by atoms with E-state index < -0.39 is 5.92 Å². The Labute approximate surface area is 108 Å². The summed E-state index contributed by atoms with van der Waals surface area (Å²) in [6.07, 6.45) is 0.909. The SMILES string of the molecule is CCc1cc(-c2nc(C3CCC(F)(F)C3)no2)n[nH]1. The zero-order chi connectivity index (χ0) is 13.5. The quantitative estimate of drug-likeness (QED) is 0.929. The number of aryl methyl sites for hydroxylation is 1. The minimum Gasteiger partial charge on any atom is -0.332 e. The van der Waals surface area contributed by atoms with E-state index in [4.69, 9.17) is 4.52 Å². The Hall–Kier alpha value is -1.79. The van der Waals surface area contributed by atoms with Gasteiger partial charge in [0.25, 0.3) is 5.89 Å². The van der Waals surface area contributed by atoms with Gasteiger partial charge in [-0.3, -0.25) is 5.10 Å². The van der Waals surface area contributed by atoms with Gasteiger partial charge in [-0.1, -0.05) is 12.1 Å². The molecule has 2 heterocycles. The van der Waals surface area contributed by atoms with Crippen LogP contribution in [0.1, 0.15) is 43.6 Å². The molecule has 102 valence electrons. The number of alkyl halides is 2. The number of aromatic nitrogens is 4. The van der Waals surface area contributed by atoms with Crippen LogP contribution >= 0.6 is 0 Å². The minimum absolute atomic E-state index is 0.107. The molecular weight excluding hydrogens is 254 g/mol. The predicted octanol–water partition coefficient (Wildman–Crippen LogP) is 2.92. The third kappa shape index (κ3) is 2.36. The molecule has 0 saturated heterocycles. The number of aromatic amines is 1. The first kappa shape index (κ1) is 12.3. The first-order valence-electron chi connectivity index (χ1n) is 6.33. The van der Waals surface area contributed by atoms with Gasteiger partial charge in [-0.05, 0) is 18.9 Å². The lowest BCUT2D eigenvalue weighted by Crippen LogP contribution is -2.09. The second-order valence-corrected chi connectivity index (χ2v) is 4.89. The lowest BCUT2D eigenvalue weighted by Gasteiger charge is -2.06. The molecule has 2 aromatic heterocycles. The summed E-state index contributed by atoms with van der Waals surface area (Å²) >= 11 is 0. The third-order valence-corrected chi connectivity index (χ3v) is 3.44. The lowest BCUT2D eigenvalue weighted by atomic mass is 10.1. The molecule has 1 saturated carbocycles. The second-order valence-electron chi connectivity index (χ2n) is 4.89. The van der Waals surface area contributed by atoms with E-state index >= 15 is 0 Å². The van der Waals surface area contributed by atoms with E-state index in [9.17, 15) is 8.78 Å². The van der Waals surface area contributed by atoms with Crippen molar-refractivity contribution in [1.82, 2.24) is 20.3 Å². The highest BCUT2D eigenvalue weighted by Crippen LogP contribution is 2.43. The average Bonchev–Trinajstić information content (AvgIpc) is 3.05. The maximum atomic E-state index is 13.2. The van der Waals surface area contributed by atoms with E-state index in [-0.39, 0.29) is 24.7 Å². The summed E-state index contributed by atoms with van der Waals surface area (Å²) in [5.41, 5.74) is 1.52. The fourth-order valence-corrected chi connectivity index (χ4v) is 2.33. The minimum atomic E-state index is -2.60. The van der Waals surface area contributed by atoms with Crippen LogP contribution in [0.25, 0.3) is 11.6 Å². The van der Waals surface area contributed by atoms with Crippen LogP contribution in [0.15, 0.2) is 10.6 Å². The molecule has 0 aliphatic heterocycles. The first-order valence-corrected chi connectivity index (χ1v) is 6.33. The van der Waals surface area contributed by atoms with Gasteiger partial charge in [0.15, 0.2) is 11.5 Å². The summed E-state index contributed by atoms with van der Waals surface area (Å²) in [5.74, 6) is -2.29. The van der Waals surface area contributed by atoms with E-state index in [0.717, 1.165) is 12.1 Å². The Morgan fingerprint density at radius 1 is 1.53 bits per heavy atom. The Balaban J connectivity index is 1.80. The van der Waals surface area contributed by atoms with Crippen LogP contribution in [0.3, 0.4) is 0 Å². The van der Waals surface area contributed by atoms with Gasteiger partial charge in [0.05, 0.1) is 0 Å². The third-order valence-electron chi connectivity index (χ3n) is 3.44. The molecule has 2 aromatic rings. The zero-order valence-electron chi connectivity index (χ0n) is 10.5. The molecule has 1 N–H and O–H groups in total. The number of nitrogens with one attached hydrogen (secondary N) is 1. The summed E-state index contributed by atoms with van der Waals surface area (Å²) in [5, 5.41) is 10.7. The summed E-state index contributed by atoms with van der Waals surface area (Å²) in [4.78, 5) is 4.18. The summed E-state index contributed by atoms with van der Waals surface area (Å²) < 4.78 is 31.4. The monoisotopic (exact) mass is 268 g/mol. The molecule has 0 bridgehead atoms. The predicted molar refractivity (Wildman–Crippen MR) is 62.8 cm³/mol. The van der Waals surface area contributed by atoms with Gasteiger partial charge < -0.3 is 4.52 Å². The molecule has 1 fully saturated rings. The average molecular weight is 268 g/mol. The Bertz CT molecular complexity index is 578. The molecule has 1 atom stereocenters. The molecule has 19 heavy (non-hydrogen) atoms. The smallest absolute Gasteiger partial charge is 0.278 e. The van der Waals surface area contributed by atoms with E-state index in [0.29, 0.717) is 17.9 Å². The molecule has 1 aliphatic carbocycles. The van der Waals surface area contributed by atoms with Crippen molar-refractivity contribution >= 4 is 0 Å².